The second kappa shape index (κ2) is 6.27. The van der Waals surface area contributed by atoms with Crippen LogP contribution in [0.4, 0.5) is 0 Å². The average molecular weight is 315 g/mol. The zero-order chi connectivity index (χ0) is 15.5. The van der Waals surface area contributed by atoms with E-state index in [2.05, 4.69) is 29.1 Å². The van der Waals surface area contributed by atoms with E-state index in [9.17, 15) is 4.79 Å². The van der Waals surface area contributed by atoms with Crippen LogP contribution >= 0.6 is 11.3 Å². The van der Waals surface area contributed by atoms with E-state index >= 15 is 0 Å². The minimum Gasteiger partial charge on any atom is -0.493 e. The highest BCUT2D eigenvalue weighted by Gasteiger charge is 2.13. The first-order chi connectivity index (χ1) is 10.7. The van der Waals surface area contributed by atoms with Gasteiger partial charge in [0.1, 0.15) is 16.5 Å². The number of fused-ring (bicyclic) bond motifs is 1. The van der Waals surface area contributed by atoms with E-state index in [1.807, 2.05) is 19.1 Å². The zero-order valence-electron chi connectivity index (χ0n) is 12.6. The smallest absolute Gasteiger partial charge is 0.213 e. The summed E-state index contributed by atoms with van der Waals surface area (Å²) in [6, 6.07) is 8.13. The van der Waals surface area contributed by atoms with Gasteiger partial charge in [0.25, 0.3) is 0 Å². The molecule has 3 rings (SSSR count). The number of ether oxygens (including phenoxy) is 1. The van der Waals surface area contributed by atoms with Gasteiger partial charge in [0, 0.05) is 6.42 Å². The average Bonchev–Trinajstić information content (AvgIpc) is 3.03. The highest BCUT2D eigenvalue weighted by molar-refractivity contribution is 7.16. The van der Waals surface area contributed by atoms with E-state index < -0.39 is 0 Å². The van der Waals surface area contributed by atoms with Crippen molar-refractivity contribution in [1.82, 2.24) is 14.6 Å². The third kappa shape index (κ3) is 2.87. The van der Waals surface area contributed by atoms with Crippen LogP contribution in [0.15, 0.2) is 24.3 Å². The Morgan fingerprint density at radius 1 is 1.32 bits per heavy atom. The summed E-state index contributed by atoms with van der Waals surface area (Å²) < 4.78 is 7.34. The molecule has 0 unspecified atom stereocenters. The first-order valence-electron chi connectivity index (χ1n) is 7.23. The summed E-state index contributed by atoms with van der Waals surface area (Å²) >= 11 is 1.49. The monoisotopic (exact) mass is 315 g/mol. The predicted octanol–water partition coefficient (Wildman–Crippen LogP) is 3.10. The zero-order valence-corrected chi connectivity index (χ0v) is 13.4. The third-order valence-electron chi connectivity index (χ3n) is 3.49. The van der Waals surface area contributed by atoms with Crippen molar-refractivity contribution in [3.8, 4) is 5.75 Å². The van der Waals surface area contributed by atoms with E-state index in [-0.39, 0.29) is 0 Å². The van der Waals surface area contributed by atoms with Crippen molar-refractivity contribution in [3.63, 3.8) is 0 Å². The Morgan fingerprint density at radius 3 is 2.77 bits per heavy atom. The third-order valence-corrected chi connectivity index (χ3v) is 4.46. The largest absolute Gasteiger partial charge is 0.493 e. The van der Waals surface area contributed by atoms with Gasteiger partial charge in [-0.05, 0) is 31.0 Å². The van der Waals surface area contributed by atoms with Gasteiger partial charge in [-0.3, -0.25) is 4.79 Å². The van der Waals surface area contributed by atoms with Crippen molar-refractivity contribution in [2.75, 3.05) is 6.61 Å². The van der Waals surface area contributed by atoms with Crippen molar-refractivity contribution in [3.05, 3.63) is 46.2 Å². The summed E-state index contributed by atoms with van der Waals surface area (Å²) in [7, 11) is 0. The molecule has 0 spiro atoms. The molecule has 2 aromatic heterocycles. The molecule has 0 amide bonds. The maximum atomic E-state index is 11.0. The molecule has 0 fully saturated rings. The Bertz CT molecular complexity index is 790. The van der Waals surface area contributed by atoms with Crippen LogP contribution < -0.4 is 4.74 Å². The van der Waals surface area contributed by atoms with Crippen molar-refractivity contribution in [2.45, 2.75) is 26.7 Å². The summed E-state index contributed by atoms with van der Waals surface area (Å²) in [5.41, 5.74) is 2.53. The van der Waals surface area contributed by atoms with Crippen LogP contribution in [-0.4, -0.2) is 27.5 Å². The lowest BCUT2D eigenvalue weighted by Gasteiger charge is -2.05. The number of carbonyl (C=O) groups is 1. The SMILES string of the molecule is CCc1ccc(OCCc2nn3c(C=O)c(C)nc3s2)cc1. The topological polar surface area (TPSA) is 56.5 Å². The van der Waals surface area contributed by atoms with Crippen LogP contribution in [0.5, 0.6) is 5.75 Å². The van der Waals surface area contributed by atoms with E-state index in [1.54, 1.807) is 4.52 Å². The molecule has 0 bridgehead atoms. The molecule has 5 nitrogen and oxygen atoms in total. The van der Waals surface area contributed by atoms with Gasteiger partial charge >= 0.3 is 0 Å². The molecule has 0 radical (unpaired) electrons. The van der Waals surface area contributed by atoms with Crippen LogP contribution in [0.3, 0.4) is 0 Å². The fourth-order valence-corrected chi connectivity index (χ4v) is 3.15. The molecule has 0 aliphatic rings. The summed E-state index contributed by atoms with van der Waals surface area (Å²) in [4.78, 5) is 16.1. The van der Waals surface area contributed by atoms with Gasteiger partial charge in [0.05, 0.1) is 12.3 Å². The highest BCUT2D eigenvalue weighted by atomic mass is 32.1. The Labute approximate surface area is 132 Å². The van der Waals surface area contributed by atoms with Gasteiger partial charge in [-0.1, -0.05) is 30.4 Å². The number of aldehydes is 1. The minimum absolute atomic E-state index is 0.522. The molecule has 0 aliphatic carbocycles. The van der Waals surface area contributed by atoms with E-state index in [0.29, 0.717) is 24.4 Å². The number of hydrogen-bond acceptors (Lipinski definition) is 5. The fourth-order valence-electron chi connectivity index (χ4n) is 2.22. The lowest BCUT2D eigenvalue weighted by Crippen LogP contribution is -2.02. The molecule has 114 valence electrons. The number of imidazole rings is 1. The molecule has 6 heteroatoms. The molecule has 0 saturated heterocycles. The van der Waals surface area contributed by atoms with Crippen LogP contribution in [0.2, 0.25) is 0 Å². The predicted molar refractivity (Wildman–Crippen MR) is 86.0 cm³/mol. The molecule has 3 aromatic rings. The molecular weight excluding hydrogens is 298 g/mol. The lowest BCUT2D eigenvalue weighted by molar-refractivity contribution is 0.111. The second-order valence-electron chi connectivity index (χ2n) is 4.99. The molecule has 1 aromatic carbocycles. The van der Waals surface area contributed by atoms with Crippen molar-refractivity contribution < 1.29 is 9.53 Å². The Kier molecular flexibility index (Phi) is 4.20. The Hall–Kier alpha value is -2.21. The van der Waals surface area contributed by atoms with Gasteiger partial charge < -0.3 is 4.74 Å². The number of carbonyl (C=O) groups excluding carboxylic acids is 1. The summed E-state index contributed by atoms with van der Waals surface area (Å²) in [5.74, 6) is 0.864. The van der Waals surface area contributed by atoms with Gasteiger partial charge in [0.15, 0.2) is 6.29 Å². The van der Waals surface area contributed by atoms with E-state index in [4.69, 9.17) is 4.74 Å². The normalized spacial score (nSPS) is 11.0. The number of benzene rings is 1. The number of nitrogens with zero attached hydrogens (tertiary/aromatic N) is 3. The van der Waals surface area contributed by atoms with Crippen LogP contribution in [0.1, 0.15) is 33.7 Å². The quantitative estimate of drug-likeness (QED) is 0.656. The van der Waals surface area contributed by atoms with Gasteiger partial charge in [0.2, 0.25) is 4.96 Å². The lowest BCUT2D eigenvalue weighted by atomic mass is 10.2. The van der Waals surface area contributed by atoms with Crippen LogP contribution in [0, 0.1) is 6.92 Å². The maximum Gasteiger partial charge on any atom is 0.213 e. The van der Waals surface area contributed by atoms with Gasteiger partial charge in [-0.15, -0.1) is 0 Å². The number of aromatic nitrogens is 3. The Morgan fingerprint density at radius 2 is 2.09 bits per heavy atom. The maximum absolute atomic E-state index is 11.0. The molecule has 0 N–H and O–H groups in total. The van der Waals surface area contributed by atoms with Gasteiger partial charge in [-0.25, -0.2) is 4.98 Å². The molecule has 0 saturated carbocycles. The first-order valence-corrected chi connectivity index (χ1v) is 8.05. The molecule has 0 aliphatic heterocycles. The number of aryl methyl sites for hydroxylation is 2. The molecule has 0 atom stereocenters. The fraction of sp³-hybridized carbons (Fsp3) is 0.312. The Balaban J connectivity index is 1.63. The number of rotatable bonds is 6. The van der Waals surface area contributed by atoms with Crippen molar-refractivity contribution >= 4 is 22.6 Å². The van der Waals surface area contributed by atoms with Crippen LogP contribution in [-0.2, 0) is 12.8 Å². The summed E-state index contributed by atoms with van der Waals surface area (Å²) in [6.45, 7) is 4.50. The standard InChI is InChI=1S/C16H17N3O2S/c1-3-12-4-6-13(7-5-12)21-9-8-15-18-19-14(10-20)11(2)17-16(19)22-15/h4-7,10H,3,8-9H2,1-2H3. The van der Waals surface area contributed by atoms with Crippen LogP contribution in [0.25, 0.3) is 4.96 Å². The minimum atomic E-state index is 0.522. The van der Waals surface area contributed by atoms with Crippen molar-refractivity contribution in [1.29, 1.82) is 0 Å². The molecule has 2 heterocycles. The second-order valence-corrected chi connectivity index (χ2v) is 6.03. The molecular formula is C16H17N3O2S. The highest BCUT2D eigenvalue weighted by Crippen LogP contribution is 2.18. The summed E-state index contributed by atoms with van der Waals surface area (Å²) in [5, 5.41) is 5.34. The first kappa shape index (κ1) is 14.7. The summed E-state index contributed by atoms with van der Waals surface area (Å²) in [6.07, 6.45) is 2.52. The van der Waals surface area contributed by atoms with E-state index in [0.717, 1.165) is 28.4 Å². The van der Waals surface area contributed by atoms with E-state index in [1.165, 1.54) is 16.9 Å². The number of hydrogen-bond donors (Lipinski definition) is 0. The molecule has 22 heavy (non-hydrogen) atoms. The van der Waals surface area contributed by atoms with Crippen molar-refractivity contribution in [2.24, 2.45) is 0 Å². The van der Waals surface area contributed by atoms with Gasteiger partial charge in [-0.2, -0.15) is 9.61 Å².